The van der Waals surface area contributed by atoms with Gasteiger partial charge in [0, 0.05) is 12.6 Å². The van der Waals surface area contributed by atoms with Crippen LogP contribution in [0.25, 0.3) is 0 Å². The normalized spacial score (nSPS) is 16.5. The zero-order valence-electron chi connectivity index (χ0n) is 10.8. The fourth-order valence-electron chi connectivity index (χ4n) is 1.83. The number of hydrogen-bond donors (Lipinski definition) is 1. The zero-order valence-corrected chi connectivity index (χ0v) is 10.8. The molecule has 0 fully saturated rings. The van der Waals surface area contributed by atoms with Gasteiger partial charge in [-0.2, -0.15) is 0 Å². The van der Waals surface area contributed by atoms with Crippen molar-refractivity contribution in [3.63, 3.8) is 0 Å². The van der Waals surface area contributed by atoms with E-state index in [9.17, 15) is 4.79 Å². The summed E-state index contributed by atoms with van der Waals surface area (Å²) >= 11 is 0. The maximum Gasteiger partial charge on any atom is 0.131 e. The molecule has 0 saturated heterocycles. The third-order valence-electron chi connectivity index (χ3n) is 3.29. The highest BCUT2D eigenvalue weighted by molar-refractivity contribution is 5.68. The first-order valence-corrected chi connectivity index (χ1v) is 5.86. The molecule has 0 aromatic heterocycles. The van der Waals surface area contributed by atoms with E-state index in [1.807, 2.05) is 56.1 Å². The maximum absolute atomic E-state index is 11.4. The number of likely N-dealkylation sites (N-methyl/N-ethyl adjacent to an activating group) is 1. The van der Waals surface area contributed by atoms with Gasteiger partial charge < -0.3 is 14.8 Å². The van der Waals surface area contributed by atoms with Crippen molar-refractivity contribution in [2.24, 2.45) is 0 Å². The molecule has 0 radical (unpaired) electrons. The second-order valence-corrected chi connectivity index (χ2v) is 4.85. The van der Waals surface area contributed by atoms with E-state index < -0.39 is 5.41 Å². The molecule has 3 heteroatoms. The number of benzene rings is 1. The highest BCUT2D eigenvalue weighted by atomic mass is 16.3. The van der Waals surface area contributed by atoms with Gasteiger partial charge in [0.2, 0.25) is 0 Å². The molecule has 0 aliphatic carbocycles. The van der Waals surface area contributed by atoms with Gasteiger partial charge in [-0.3, -0.25) is 0 Å². The average Bonchev–Trinajstić information content (AvgIpc) is 2.38. The zero-order chi connectivity index (χ0) is 12.9. The van der Waals surface area contributed by atoms with Crippen molar-refractivity contribution in [3.8, 4) is 0 Å². The summed E-state index contributed by atoms with van der Waals surface area (Å²) in [5, 5.41) is 9.12. The second kappa shape index (κ2) is 5.94. The third-order valence-corrected chi connectivity index (χ3v) is 3.29. The number of hydrogen-bond acceptors (Lipinski definition) is 3. The molecule has 1 aromatic rings. The summed E-state index contributed by atoms with van der Waals surface area (Å²) < 4.78 is 0. The molecule has 0 heterocycles. The van der Waals surface area contributed by atoms with Gasteiger partial charge in [0.05, 0.1) is 12.0 Å². The molecule has 3 nitrogen and oxygen atoms in total. The van der Waals surface area contributed by atoms with Crippen LogP contribution < -0.4 is 0 Å². The Hall–Kier alpha value is -1.19. The van der Waals surface area contributed by atoms with Crippen LogP contribution in [0, 0.1) is 0 Å². The van der Waals surface area contributed by atoms with Gasteiger partial charge in [-0.05, 0) is 26.5 Å². The smallest absolute Gasteiger partial charge is 0.131 e. The highest BCUT2D eigenvalue weighted by Crippen LogP contribution is 2.22. The van der Waals surface area contributed by atoms with Crippen molar-refractivity contribution in [3.05, 3.63) is 35.9 Å². The molecule has 1 aromatic carbocycles. The Morgan fingerprint density at radius 2 is 2.00 bits per heavy atom. The molecule has 1 rings (SSSR count). The van der Waals surface area contributed by atoms with Crippen LogP contribution in [0.5, 0.6) is 0 Å². The summed E-state index contributed by atoms with van der Waals surface area (Å²) in [6, 6.07) is 9.80. The Morgan fingerprint density at radius 3 is 2.47 bits per heavy atom. The molecule has 0 spiro atoms. The van der Waals surface area contributed by atoms with E-state index in [0.717, 1.165) is 11.8 Å². The summed E-state index contributed by atoms with van der Waals surface area (Å²) in [6.45, 7) is 4.56. The third kappa shape index (κ3) is 3.38. The van der Waals surface area contributed by atoms with E-state index in [0.29, 0.717) is 6.54 Å². The van der Waals surface area contributed by atoms with Gasteiger partial charge in [-0.25, -0.2) is 0 Å². The van der Waals surface area contributed by atoms with E-state index in [-0.39, 0.29) is 12.6 Å². The Balaban J connectivity index is 2.87. The molecule has 0 bridgehead atoms. The first-order chi connectivity index (χ1) is 8.03. The van der Waals surface area contributed by atoms with E-state index in [1.165, 1.54) is 0 Å². The lowest BCUT2D eigenvalue weighted by molar-refractivity contribution is -0.112. The molecule has 0 saturated carbocycles. The molecule has 17 heavy (non-hydrogen) atoms. The predicted molar refractivity (Wildman–Crippen MR) is 69.0 cm³/mol. The number of aliphatic hydroxyl groups is 1. The number of aldehydes is 1. The number of rotatable bonds is 6. The Bertz CT molecular complexity index is 352. The summed E-state index contributed by atoms with van der Waals surface area (Å²) in [7, 11) is 1.92. The molecule has 1 N–H and O–H groups in total. The summed E-state index contributed by atoms with van der Waals surface area (Å²) in [5.41, 5.74) is 0.478. The van der Waals surface area contributed by atoms with Crippen LogP contribution in [0.2, 0.25) is 0 Å². The van der Waals surface area contributed by atoms with Gasteiger partial charge in [0.15, 0.2) is 0 Å². The van der Waals surface area contributed by atoms with Crippen LogP contribution in [0.3, 0.4) is 0 Å². The van der Waals surface area contributed by atoms with Crippen LogP contribution in [0.4, 0.5) is 0 Å². The van der Waals surface area contributed by atoms with E-state index in [1.54, 1.807) is 0 Å². The van der Waals surface area contributed by atoms with E-state index >= 15 is 0 Å². The lowest BCUT2D eigenvalue weighted by Gasteiger charge is -2.32. The Morgan fingerprint density at radius 1 is 1.41 bits per heavy atom. The minimum absolute atomic E-state index is 0.0537. The van der Waals surface area contributed by atoms with Crippen molar-refractivity contribution < 1.29 is 9.90 Å². The average molecular weight is 235 g/mol. The number of carbonyl (C=O) groups excluding carboxylic acids is 1. The quantitative estimate of drug-likeness (QED) is 0.759. The van der Waals surface area contributed by atoms with Gasteiger partial charge in [-0.1, -0.05) is 30.3 Å². The topological polar surface area (TPSA) is 40.5 Å². The van der Waals surface area contributed by atoms with Crippen molar-refractivity contribution in [1.29, 1.82) is 0 Å². The molecule has 0 amide bonds. The lowest BCUT2D eigenvalue weighted by Crippen LogP contribution is -2.43. The van der Waals surface area contributed by atoms with Gasteiger partial charge in [0.25, 0.3) is 0 Å². The maximum atomic E-state index is 11.4. The standard InChI is InChI=1S/C14H21NO2/c1-12(9-16)15(3)10-14(2,11-17)13-7-5-4-6-8-13/h4-8,11-12,16H,9-10H2,1-3H3. The molecule has 2 atom stereocenters. The van der Waals surface area contributed by atoms with Crippen LogP contribution in [0.15, 0.2) is 30.3 Å². The minimum Gasteiger partial charge on any atom is -0.395 e. The van der Waals surface area contributed by atoms with Gasteiger partial charge >= 0.3 is 0 Å². The van der Waals surface area contributed by atoms with E-state index in [2.05, 4.69) is 0 Å². The summed E-state index contributed by atoms with van der Waals surface area (Å²) in [5.74, 6) is 0. The molecule has 2 unspecified atom stereocenters. The second-order valence-electron chi connectivity index (χ2n) is 4.85. The highest BCUT2D eigenvalue weighted by Gasteiger charge is 2.28. The fourth-order valence-corrected chi connectivity index (χ4v) is 1.83. The van der Waals surface area contributed by atoms with Crippen molar-refractivity contribution in [2.75, 3.05) is 20.2 Å². The van der Waals surface area contributed by atoms with E-state index in [4.69, 9.17) is 5.11 Å². The number of carbonyl (C=O) groups is 1. The molecular formula is C14H21NO2. The summed E-state index contributed by atoms with van der Waals surface area (Å²) in [4.78, 5) is 13.4. The summed E-state index contributed by atoms with van der Waals surface area (Å²) in [6.07, 6.45) is 0.989. The molecule has 94 valence electrons. The Labute approximate surface area is 103 Å². The first kappa shape index (κ1) is 13.9. The van der Waals surface area contributed by atoms with Crippen LogP contribution in [-0.2, 0) is 10.2 Å². The van der Waals surface area contributed by atoms with Crippen LogP contribution in [-0.4, -0.2) is 42.5 Å². The molecule has 0 aliphatic rings. The van der Waals surface area contributed by atoms with Crippen molar-refractivity contribution in [2.45, 2.75) is 25.3 Å². The van der Waals surface area contributed by atoms with Gasteiger partial charge in [0.1, 0.15) is 6.29 Å². The van der Waals surface area contributed by atoms with Crippen LogP contribution >= 0.6 is 0 Å². The fraction of sp³-hybridized carbons (Fsp3) is 0.500. The lowest BCUT2D eigenvalue weighted by atomic mass is 9.83. The number of aliphatic hydroxyl groups excluding tert-OH is 1. The minimum atomic E-state index is -0.528. The van der Waals surface area contributed by atoms with Crippen molar-refractivity contribution >= 4 is 6.29 Å². The largest absolute Gasteiger partial charge is 0.395 e. The molecule has 0 aliphatic heterocycles. The Kier molecular flexibility index (Phi) is 4.85. The van der Waals surface area contributed by atoms with Gasteiger partial charge in [-0.15, -0.1) is 0 Å². The molecular weight excluding hydrogens is 214 g/mol. The first-order valence-electron chi connectivity index (χ1n) is 5.86. The SMILES string of the molecule is CC(CO)N(C)CC(C)(C=O)c1ccccc1. The predicted octanol–water partition coefficient (Wildman–Crippen LogP) is 1.46. The monoisotopic (exact) mass is 235 g/mol. The number of nitrogens with zero attached hydrogens (tertiary/aromatic N) is 1. The van der Waals surface area contributed by atoms with Crippen LogP contribution in [0.1, 0.15) is 19.4 Å². The van der Waals surface area contributed by atoms with Crippen molar-refractivity contribution in [1.82, 2.24) is 4.90 Å².